The van der Waals surface area contributed by atoms with Gasteiger partial charge in [0.2, 0.25) is 76.8 Å². The number of guanidine groups is 4. The standard InChI is InChI=1S/C94H147N29O14/c1-54(2)45-73-86(133)118-71(32-19-43-108-93(102)103)83(130)120-74(46-55(3)4)87(134)116-67(28-10-13-39-96)80(127)113-66(27-9-12-38-95)79(126)114-69(30-17-41-106-91(98)99)81(128)115-70(31-18-42-107-92(100)101)84(131)122-76(51-62-53-110-65-26-8-7-25-64(62)65)89(136)117-68(29-11-14-40-97)82(129)121-75(49-57-34-36-63(124)37-35-57)88(135)119-72(33-20-44-109-94(104)105)85(132)123-78(56(5)6)90(137)111-52-59-22-16-24-61(48-59)60-23-15-21-58(47-60)50-77(125)112-73/h7-8,15-16,21-26,34-37,47-48,53-56,66-76,78,110,124H,9-14,17-20,27-33,38-46,49-52,95-97H2,1-6H3,(H,111,137)(H,112,125)(H,113,127)(H,114,126)(H,115,128)(H,116,134)(H,117,136)(H,118,133)(H,119,135)(H,120,130)(H,121,129)(H,122,131)(H,123,132)(H4,98,99,106)(H4,100,101,107)(H4,102,103,108)(H4,104,105,109)/t66-,67-,68-,69-,70-,71-,72-,73-,74-,75-,76-,78-/m0/s1. The number of hydrogen-bond acceptors (Lipinski definition) is 21. The lowest BCUT2D eigenvalue weighted by molar-refractivity contribution is -0.136. The third-order valence-corrected chi connectivity index (χ3v) is 22.9. The number of phenols is 1. The number of phenolic OH excluding ortho intramolecular Hbond substituents is 1. The summed E-state index contributed by atoms with van der Waals surface area (Å²) >= 11 is 0. The first-order valence-corrected chi connectivity index (χ1v) is 47.2. The zero-order valence-electron chi connectivity index (χ0n) is 79.5. The van der Waals surface area contributed by atoms with Crippen molar-refractivity contribution in [1.29, 1.82) is 21.6 Å². The lowest BCUT2D eigenvalue weighted by atomic mass is 9.98. The van der Waals surface area contributed by atoms with Gasteiger partial charge in [0.05, 0.1) is 6.42 Å². The van der Waals surface area contributed by atoms with E-state index in [2.05, 4.69) is 95.4 Å². The minimum absolute atomic E-state index is 0.00140. The second kappa shape index (κ2) is 59.2. The molecule has 43 nitrogen and oxygen atoms in total. The van der Waals surface area contributed by atoms with Crippen molar-refractivity contribution in [3.05, 3.63) is 126 Å². The van der Waals surface area contributed by atoms with E-state index in [0.717, 1.165) is 0 Å². The molecule has 0 spiro atoms. The lowest BCUT2D eigenvalue weighted by Crippen LogP contribution is -2.61. The smallest absolute Gasteiger partial charge is 0.243 e. The van der Waals surface area contributed by atoms with E-state index in [1.165, 1.54) is 24.3 Å². The maximum absolute atomic E-state index is 15.6. The summed E-state index contributed by atoms with van der Waals surface area (Å²) in [6.07, 6.45) is 2.42. The van der Waals surface area contributed by atoms with Crippen LogP contribution in [0.5, 0.6) is 5.75 Å². The highest BCUT2D eigenvalue weighted by Gasteiger charge is 2.39. The number of nitrogens with one attached hydrogen (secondary N) is 22. The first-order valence-electron chi connectivity index (χ1n) is 47.2. The summed E-state index contributed by atoms with van der Waals surface area (Å²) < 4.78 is 0. The van der Waals surface area contributed by atoms with Crippen molar-refractivity contribution in [2.75, 3.05) is 45.8 Å². The minimum Gasteiger partial charge on any atom is -0.508 e. The quantitative estimate of drug-likeness (QED) is 0.0132. The van der Waals surface area contributed by atoms with Gasteiger partial charge in [-0.15, -0.1) is 0 Å². The number of rotatable bonds is 37. The number of carbonyl (C=O) groups is 13. The molecule has 4 bridgehead atoms. The Morgan fingerprint density at radius 2 is 0.693 bits per heavy atom. The van der Waals surface area contributed by atoms with Crippen molar-refractivity contribution < 1.29 is 67.4 Å². The number of aromatic hydroxyl groups is 1. The van der Waals surface area contributed by atoms with Gasteiger partial charge in [0.15, 0.2) is 23.8 Å². The number of para-hydroxylation sites is 1. The van der Waals surface area contributed by atoms with E-state index in [1.54, 1.807) is 88.5 Å². The van der Waals surface area contributed by atoms with Crippen molar-refractivity contribution in [3.63, 3.8) is 0 Å². The third-order valence-electron chi connectivity index (χ3n) is 22.9. The van der Waals surface area contributed by atoms with Gasteiger partial charge in [-0.3, -0.25) is 84.0 Å². The third kappa shape index (κ3) is 40.8. The van der Waals surface area contributed by atoms with Crippen LogP contribution in [0.25, 0.3) is 22.0 Å². The van der Waals surface area contributed by atoms with Crippen LogP contribution in [-0.4, -0.2) is 229 Å². The zero-order valence-corrected chi connectivity index (χ0v) is 79.5. The highest BCUT2D eigenvalue weighted by Crippen LogP contribution is 2.25. The van der Waals surface area contributed by atoms with Crippen LogP contribution in [0, 0.1) is 39.4 Å². The van der Waals surface area contributed by atoms with Gasteiger partial charge in [0, 0.05) is 62.7 Å². The molecular weight excluding hydrogens is 1760 g/mol. The zero-order chi connectivity index (χ0) is 101. The fourth-order valence-electron chi connectivity index (χ4n) is 15.7. The number of hydrogen-bond donors (Lipinski definition) is 30. The van der Waals surface area contributed by atoms with Crippen LogP contribution in [-0.2, 0) is 88.1 Å². The predicted octanol–water partition coefficient (Wildman–Crippen LogP) is -0.796. The molecule has 1 aliphatic heterocycles. The van der Waals surface area contributed by atoms with Gasteiger partial charge < -0.3 is 141 Å². The predicted molar refractivity (Wildman–Crippen MR) is 523 cm³/mol. The molecule has 1 aromatic heterocycles. The Kier molecular flexibility index (Phi) is 48.4. The molecule has 6 rings (SSSR count). The summed E-state index contributed by atoms with van der Waals surface area (Å²) in [5.41, 5.74) is 44.9. The van der Waals surface area contributed by atoms with Gasteiger partial charge in [-0.1, -0.05) is 114 Å². The lowest BCUT2D eigenvalue weighted by Gasteiger charge is -2.29. The first-order chi connectivity index (χ1) is 65.3. The van der Waals surface area contributed by atoms with E-state index in [-0.39, 0.29) is 204 Å². The van der Waals surface area contributed by atoms with Crippen molar-refractivity contribution in [2.45, 2.75) is 262 Å². The van der Waals surface area contributed by atoms with Gasteiger partial charge >= 0.3 is 0 Å². The summed E-state index contributed by atoms with van der Waals surface area (Å²) in [4.78, 5) is 199. The summed E-state index contributed by atoms with van der Waals surface area (Å²) in [6.45, 7) is 11.3. The molecule has 5 aromatic rings. The van der Waals surface area contributed by atoms with Crippen LogP contribution in [0.15, 0.2) is 103 Å². The molecule has 0 saturated heterocycles. The van der Waals surface area contributed by atoms with E-state index >= 15 is 38.4 Å². The number of benzene rings is 4. The van der Waals surface area contributed by atoms with E-state index in [9.17, 15) is 29.1 Å². The normalized spacial score (nSPS) is 21.3. The van der Waals surface area contributed by atoms with E-state index in [0.29, 0.717) is 63.5 Å². The van der Waals surface area contributed by atoms with Crippen LogP contribution in [0.4, 0.5) is 0 Å². The van der Waals surface area contributed by atoms with Gasteiger partial charge in [0.25, 0.3) is 0 Å². The number of carbonyl (C=O) groups excluding carboxylic acids is 13. The van der Waals surface area contributed by atoms with Crippen molar-refractivity contribution in [2.24, 2.45) is 57.9 Å². The maximum atomic E-state index is 15.6. The summed E-state index contributed by atoms with van der Waals surface area (Å²) in [6, 6.07) is 10.1. The number of aromatic nitrogens is 1. The molecule has 13 amide bonds. The van der Waals surface area contributed by atoms with Crippen LogP contribution in [0.3, 0.4) is 0 Å². The summed E-state index contributed by atoms with van der Waals surface area (Å²) in [5, 5.41) is 90.0. The molecule has 137 heavy (non-hydrogen) atoms. The Bertz CT molecular complexity index is 4840. The number of nitrogens with two attached hydrogens (primary N) is 7. The molecule has 37 N–H and O–H groups in total. The number of aromatic amines is 1. The topological polar surface area (TPSA) is 740 Å². The summed E-state index contributed by atoms with van der Waals surface area (Å²) in [5.74, 6) is -13.4. The molecular formula is C94H147N29O14. The molecule has 0 saturated carbocycles. The Morgan fingerprint density at radius 1 is 0.365 bits per heavy atom. The van der Waals surface area contributed by atoms with Gasteiger partial charge in [-0.2, -0.15) is 0 Å². The molecule has 752 valence electrons. The molecule has 4 aromatic carbocycles. The largest absolute Gasteiger partial charge is 0.508 e. The molecule has 0 fully saturated rings. The van der Waals surface area contributed by atoms with Crippen LogP contribution in [0.1, 0.15) is 186 Å². The fraction of sp³-hybridized carbons (Fsp3) is 0.543. The Hall–Kier alpha value is -13.7. The van der Waals surface area contributed by atoms with E-state index in [1.807, 2.05) is 32.0 Å². The van der Waals surface area contributed by atoms with E-state index in [4.69, 9.17) is 61.8 Å². The number of H-pyrrole nitrogens is 1. The molecule has 43 heteroatoms. The average Bonchev–Trinajstić information content (AvgIpc) is 1.54. The van der Waals surface area contributed by atoms with Crippen molar-refractivity contribution in [1.82, 2.24) is 95.4 Å². The molecule has 0 aliphatic carbocycles. The maximum Gasteiger partial charge on any atom is 0.243 e. The van der Waals surface area contributed by atoms with Crippen molar-refractivity contribution >= 4 is 112 Å². The molecule has 0 radical (unpaired) electrons. The average molecular weight is 1910 g/mol. The van der Waals surface area contributed by atoms with Crippen molar-refractivity contribution in [3.8, 4) is 16.9 Å². The highest BCUT2D eigenvalue weighted by molar-refractivity contribution is 6.01. The molecule has 1 aliphatic rings. The van der Waals surface area contributed by atoms with E-state index < -0.39 is 167 Å². The number of unbranched alkanes of at least 4 members (excludes halogenated alkanes) is 3. The molecule has 0 unspecified atom stereocenters. The second-order valence-electron chi connectivity index (χ2n) is 35.7. The molecule has 12 atom stereocenters. The van der Waals surface area contributed by atoms with Gasteiger partial charge in [-0.25, -0.2) is 0 Å². The first kappa shape index (κ1) is 112. The highest BCUT2D eigenvalue weighted by atomic mass is 16.3. The molecule has 2 heterocycles. The van der Waals surface area contributed by atoms with Crippen LogP contribution in [0.2, 0.25) is 0 Å². The van der Waals surface area contributed by atoms with Crippen LogP contribution < -0.4 is 131 Å². The fourth-order valence-corrected chi connectivity index (χ4v) is 15.7. The second-order valence-corrected chi connectivity index (χ2v) is 35.7. The number of amides is 13. The van der Waals surface area contributed by atoms with Gasteiger partial charge in [-0.05, 0) is 217 Å². The Balaban J connectivity index is 1.51. The monoisotopic (exact) mass is 1910 g/mol. The minimum atomic E-state index is -1.59. The van der Waals surface area contributed by atoms with Crippen LogP contribution >= 0.6 is 0 Å². The Morgan fingerprint density at radius 3 is 1.07 bits per heavy atom. The SMILES string of the molecule is CC(C)C[C@@H]1NC(=O)Cc2cccc(c2)-c2cccc(c2)CNC(=O)[C@H](C(C)C)NC(=O)[C@H](CCCNC(=N)N)NC(=O)[C@H](Cc2ccc(O)cc2)NC(=O)[C@H](CCCCN)NC(=O)[C@H](Cc2c[nH]c3ccccc23)NC(=O)[C@H](CCCNC(=N)N)NC(=O)[C@H](CCCNC(=N)N)NC(=O)[C@H](CCCCN)NC(=O)[C@H](CCCCN)NC(=O)[C@H](CC(C)C)NC(=O)[C@H](CCCNC(=N)N)NC1=O. The van der Waals surface area contributed by atoms with Gasteiger partial charge in [0.1, 0.15) is 78.3 Å². The number of fused-ring (bicyclic) bond motifs is 6. The summed E-state index contributed by atoms with van der Waals surface area (Å²) in [7, 11) is 0. The Labute approximate surface area is 800 Å².